The number of thioether (sulfide) groups is 1. The van der Waals surface area contributed by atoms with Crippen LogP contribution in [0.5, 0.6) is 0 Å². The summed E-state index contributed by atoms with van der Waals surface area (Å²) in [6.07, 6.45) is 0.570. The van der Waals surface area contributed by atoms with E-state index in [9.17, 15) is 9.59 Å². The zero-order valence-electron chi connectivity index (χ0n) is 29.2. The maximum absolute atomic E-state index is 17.3. The largest absolute Gasteiger partial charge is 0.444 e. The van der Waals surface area contributed by atoms with Crippen LogP contribution in [-0.4, -0.2) is 69.2 Å². The summed E-state index contributed by atoms with van der Waals surface area (Å²) in [4.78, 5) is 39.2. The summed E-state index contributed by atoms with van der Waals surface area (Å²) in [5.74, 6) is -0.0748. The summed E-state index contributed by atoms with van der Waals surface area (Å²) in [7, 11) is 0. The van der Waals surface area contributed by atoms with Gasteiger partial charge in [0.15, 0.2) is 11.0 Å². The number of anilines is 2. The fraction of sp³-hybridized carbons (Fsp3) is 0.500. The average Bonchev–Trinajstić information content (AvgIpc) is 3.71. The summed E-state index contributed by atoms with van der Waals surface area (Å²) in [6.45, 7) is 13.8. The number of benzene rings is 2. The van der Waals surface area contributed by atoms with Crippen molar-refractivity contribution >= 4 is 57.5 Å². The van der Waals surface area contributed by atoms with Crippen LogP contribution < -0.4 is 10.2 Å². The highest BCUT2D eigenvalue weighted by Crippen LogP contribution is 2.47. The number of amides is 2. The lowest BCUT2D eigenvalue weighted by molar-refractivity contribution is 0.0209. The maximum atomic E-state index is 17.3. The van der Waals surface area contributed by atoms with E-state index in [4.69, 9.17) is 28.6 Å². The summed E-state index contributed by atoms with van der Waals surface area (Å²) < 4.78 is 56.1. The van der Waals surface area contributed by atoms with Gasteiger partial charge in [-0.25, -0.2) is 28.3 Å². The molecule has 0 saturated carbocycles. The molecule has 11 nitrogen and oxygen atoms in total. The van der Waals surface area contributed by atoms with E-state index in [-0.39, 0.29) is 64.9 Å². The quantitative estimate of drug-likeness (QED) is 0.160. The van der Waals surface area contributed by atoms with E-state index in [1.54, 1.807) is 25.7 Å². The normalized spacial score (nSPS) is 19.0. The van der Waals surface area contributed by atoms with Gasteiger partial charge in [0.2, 0.25) is 5.88 Å². The molecule has 2 amide bonds. The number of halogens is 2. The van der Waals surface area contributed by atoms with Gasteiger partial charge in [-0.3, -0.25) is 5.32 Å². The molecule has 5 heterocycles. The van der Waals surface area contributed by atoms with Crippen molar-refractivity contribution in [3.05, 3.63) is 41.0 Å². The van der Waals surface area contributed by atoms with Crippen molar-refractivity contribution in [1.82, 2.24) is 14.9 Å². The lowest BCUT2D eigenvalue weighted by atomic mass is 9.91. The summed E-state index contributed by atoms with van der Waals surface area (Å²) >= 11 is 1.39. The van der Waals surface area contributed by atoms with E-state index in [0.29, 0.717) is 46.3 Å². The summed E-state index contributed by atoms with van der Waals surface area (Å²) in [6, 6.07) is 4.00. The van der Waals surface area contributed by atoms with Gasteiger partial charge in [0.05, 0.1) is 18.6 Å². The molecule has 50 heavy (non-hydrogen) atoms. The number of carbonyl (C=O) groups excluding carboxylic acids is 2. The van der Waals surface area contributed by atoms with Crippen LogP contribution in [0.1, 0.15) is 72.4 Å². The average molecular weight is 710 g/mol. The number of fused-ring (bicyclic) bond motifs is 6. The first-order chi connectivity index (χ1) is 23.6. The number of piperazine rings is 1. The maximum Gasteiger partial charge on any atom is 0.414 e. The Hall–Kier alpha value is -4.17. The molecule has 3 aliphatic heterocycles. The van der Waals surface area contributed by atoms with Crippen molar-refractivity contribution in [3.63, 3.8) is 0 Å². The molecular weight excluding hydrogens is 668 g/mol. The number of carbonyl (C=O) groups is 2. The molecular formula is C36H41F2N5O6S. The van der Waals surface area contributed by atoms with Gasteiger partial charge in [-0.1, -0.05) is 18.7 Å². The second kappa shape index (κ2) is 12.6. The predicted octanol–water partition coefficient (Wildman–Crippen LogP) is 8.40. The molecule has 2 fully saturated rings. The van der Waals surface area contributed by atoms with Gasteiger partial charge in [-0.05, 0) is 83.4 Å². The fourth-order valence-electron chi connectivity index (χ4n) is 7.16. The zero-order valence-corrected chi connectivity index (χ0v) is 30.1. The minimum atomic E-state index is -0.747. The van der Waals surface area contributed by atoms with Crippen LogP contribution in [0.2, 0.25) is 0 Å². The van der Waals surface area contributed by atoms with Crippen molar-refractivity contribution in [2.45, 2.75) is 103 Å². The first kappa shape index (κ1) is 34.3. The Kier molecular flexibility index (Phi) is 8.61. The fourth-order valence-corrected chi connectivity index (χ4v) is 7.73. The van der Waals surface area contributed by atoms with Gasteiger partial charge in [-0.2, -0.15) is 0 Å². The Morgan fingerprint density at radius 1 is 0.980 bits per heavy atom. The van der Waals surface area contributed by atoms with Gasteiger partial charge in [-0.15, -0.1) is 0 Å². The first-order valence-corrected chi connectivity index (χ1v) is 17.8. The summed E-state index contributed by atoms with van der Waals surface area (Å²) in [5.41, 5.74) is 0.187. The molecule has 2 bridgehead atoms. The third-order valence-electron chi connectivity index (χ3n) is 8.93. The second-order valence-electron chi connectivity index (χ2n) is 14.9. The number of hydrogen-bond donors (Lipinski definition) is 1. The molecule has 0 spiro atoms. The molecule has 3 aliphatic rings. The Balaban J connectivity index is 1.36. The third-order valence-corrected chi connectivity index (χ3v) is 9.66. The van der Waals surface area contributed by atoms with Gasteiger partial charge >= 0.3 is 12.2 Å². The van der Waals surface area contributed by atoms with E-state index in [1.165, 1.54) is 30.0 Å². The van der Waals surface area contributed by atoms with Crippen molar-refractivity contribution in [2.75, 3.05) is 29.1 Å². The minimum absolute atomic E-state index is 0.0134. The molecule has 1 N–H and O–H groups in total. The standard InChI is InChI=1S/C36H41F2N5O6S/c1-8-50-32-40-30-28(31(41-32)43-18-9-10-19(43)15-42(14-18)34(45)49-36(5,6)7)22-17-46-16-21(22)27(29(30)38)26-20-13-25(39-33(44)48-35(2,3)4)47-24(20)12-11-23(26)37/h11-13,18-19H,8-10,14-17H2,1-7H3,(H,39,44). The Bertz CT molecular complexity index is 2010. The predicted molar refractivity (Wildman–Crippen MR) is 187 cm³/mol. The SMILES string of the molecule is CCSc1nc(N2C3CCC2CN(C(=O)OC(C)(C)C)C3)c2c3c(c(-c4c(F)ccc5oc(NC(=O)OC(C)(C)C)cc45)c(F)c2n1)COC3. The highest BCUT2D eigenvalue weighted by atomic mass is 32.2. The lowest BCUT2D eigenvalue weighted by Gasteiger charge is -2.42. The topological polar surface area (TPSA) is 119 Å². The van der Waals surface area contributed by atoms with E-state index in [2.05, 4.69) is 10.2 Å². The number of nitrogens with zero attached hydrogens (tertiary/aromatic N) is 4. The number of furan rings is 1. The van der Waals surface area contributed by atoms with Crippen molar-refractivity contribution in [1.29, 1.82) is 0 Å². The van der Waals surface area contributed by atoms with Gasteiger partial charge < -0.3 is 28.4 Å². The van der Waals surface area contributed by atoms with Crippen LogP contribution in [-0.2, 0) is 27.4 Å². The molecule has 2 aromatic carbocycles. The summed E-state index contributed by atoms with van der Waals surface area (Å²) in [5, 5.41) is 3.77. The van der Waals surface area contributed by atoms with Crippen LogP contribution in [0.25, 0.3) is 33.0 Å². The Morgan fingerprint density at radius 3 is 2.32 bits per heavy atom. The van der Waals surface area contributed by atoms with Crippen molar-refractivity contribution in [2.24, 2.45) is 0 Å². The number of nitrogens with one attached hydrogen (secondary N) is 1. The highest BCUT2D eigenvalue weighted by Gasteiger charge is 2.45. The molecule has 0 radical (unpaired) electrons. The minimum Gasteiger partial charge on any atom is -0.444 e. The molecule has 2 unspecified atom stereocenters. The van der Waals surface area contributed by atoms with Crippen LogP contribution in [0.3, 0.4) is 0 Å². The highest BCUT2D eigenvalue weighted by molar-refractivity contribution is 7.99. The van der Waals surface area contributed by atoms with Crippen molar-refractivity contribution < 1.29 is 37.0 Å². The molecule has 14 heteroatoms. The number of ether oxygens (including phenoxy) is 3. The smallest absolute Gasteiger partial charge is 0.414 e. The number of rotatable bonds is 5. The van der Waals surface area contributed by atoms with E-state index >= 15 is 8.78 Å². The molecule has 4 aromatic rings. The van der Waals surface area contributed by atoms with Crippen LogP contribution in [0, 0.1) is 11.6 Å². The molecule has 7 rings (SSSR count). The number of likely N-dealkylation sites (tertiary alicyclic amines) is 1. The zero-order chi connectivity index (χ0) is 35.7. The second-order valence-corrected chi connectivity index (χ2v) is 16.1. The van der Waals surface area contributed by atoms with Crippen LogP contribution >= 0.6 is 11.8 Å². The van der Waals surface area contributed by atoms with E-state index < -0.39 is 28.9 Å². The van der Waals surface area contributed by atoms with Crippen LogP contribution in [0.4, 0.5) is 30.1 Å². The first-order valence-electron chi connectivity index (χ1n) is 16.9. The van der Waals surface area contributed by atoms with Gasteiger partial charge in [0.1, 0.15) is 33.9 Å². The van der Waals surface area contributed by atoms with Crippen LogP contribution in [0.15, 0.2) is 27.8 Å². The third kappa shape index (κ3) is 6.32. The number of hydrogen-bond acceptors (Lipinski definition) is 10. The number of aromatic nitrogens is 2. The molecule has 0 aliphatic carbocycles. The Morgan fingerprint density at radius 2 is 1.66 bits per heavy atom. The Labute approximate surface area is 293 Å². The monoisotopic (exact) mass is 709 g/mol. The molecule has 2 aromatic heterocycles. The molecule has 266 valence electrons. The van der Waals surface area contributed by atoms with Gasteiger partial charge in [0, 0.05) is 47.8 Å². The van der Waals surface area contributed by atoms with E-state index in [1.807, 2.05) is 27.7 Å². The lowest BCUT2D eigenvalue weighted by Crippen LogP contribution is -2.56. The van der Waals surface area contributed by atoms with E-state index in [0.717, 1.165) is 12.8 Å². The molecule has 2 saturated heterocycles. The molecule has 2 atom stereocenters. The van der Waals surface area contributed by atoms with Crippen molar-refractivity contribution in [3.8, 4) is 11.1 Å². The van der Waals surface area contributed by atoms with Gasteiger partial charge in [0.25, 0.3) is 0 Å².